The third-order valence-electron chi connectivity index (χ3n) is 3.41. The summed E-state index contributed by atoms with van der Waals surface area (Å²) in [7, 11) is 0. The zero-order valence-corrected chi connectivity index (χ0v) is 10.00. The van der Waals surface area contributed by atoms with Crippen LogP contribution < -0.4 is 5.32 Å². The molecule has 0 radical (unpaired) electrons. The predicted molar refractivity (Wildman–Crippen MR) is 62.6 cm³/mol. The van der Waals surface area contributed by atoms with Gasteiger partial charge < -0.3 is 5.32 Å². The van der Waals surface area contributed by atoms with E-state index in [-0.39, 0.29) is 0 Å². The van der Waals surface area contributed by atoms with Crippen LogP contribution in [0.1, 0.15) is 39.5 Å². The topological polar surface area (TPSA) is 39.1 Å². The summed E-state index contributed by atoms with van der Waals surface area (Å²) >= 11 is 0. The summed E-state index contributed by atoms with van der Waals surface area (Å²) in [5, 5.41) is 12.2. The number of rotatable bonds is 5. The van der Waals surface area contributed by atoms with Crippen LogP contribution in [-0.2, 0) is 0 Å². The van der Waals surface area contributed by atoms with Crippen LogP contribution in [0.3, 0.4) is 0 Å². The summed E-state index contributed by atoms with van der Waals surface area (Å²) in [6.45, 7) is 7.73. The minimum absolute atomic E-state index is 0.461. The largest absolute Gasteiger partial charge is 0.317 e. The van der Waals surface area contributed by atoms with Gasteiger partial charge in [0.2, 0.25) is 0 Å². The molecule has 15 heavy (non-hydrogen) atoms. The van der Waals surface area contributed by atoms with Crippen molar-refractivity contribution in [3.05, 3.63) is 0 Å². The van der Waals surface area contributed by atoms with E-state index in [0.717, 1.165) is 26.1 Å². The Morgan fingerprint density at radius 2 is 2.07 bits per heavy atom. The third kappa shape index (κ3) is 3.48. The van der Waals surface area contributed by atoms with Gasteiger partial charge in [-0.3, -0.25) is 4.90 Å². The van der Waals surface area contributed by atoms with E-state index in [0.29, 0.717) is 18.5 Å². The molecule has 86 valence electrons. The lowest BCUT2D eigenvalue weighted by Crippen LogP contribution is -2.47. The van der Waals surface area contributed by atoms with Crippen molar-refractivity contribution in [3.8, 4) is 6.07 Å². The molecule has 1 aliphatic rings. The zero-order valence-electron chi connectivity index (χ0n) is 10.00. The van der Waals surface area contributed by atoms with Crippen molar-refractivity contribution in [2.45, 2.75) is 51.6 Å². The van der Waals surface area contributed by atoms with Crippen molar-refractivity contribution in [1.82, 2.24) is 10.2 Å². The highest BCUT2D eigenvalue weighted by Gasteiger charge is 2.24. The maximum atomic E-state index is 8.82. The molecule has 0 saturated carbocycles. The lowest BCUT2D eigenvalue weighted by molar-refractivity contribution is 0.114. The molecule has 1 rings (SSSR count). The molecule has 0 aromatic carbocycles. The van der Waals surface area contributed by atoms with Gasteiger partial charge >= 0.3 is 0 Å². The van der Waals surface area contributed by atoms with Crippen molar-refractivity contribution in [2.24, 2.45) is 0 Å². The number of nitrogens with zero attached hydrogens (tertiary/aromatic N) is 2. The molecule has 0 aromatic rings. The second kappa shape index (κ2) is 6.81. The fraction of sp³-hybridized carbons (Fsp3) is 0.917. The Morgan fingerprint density at radius 1 is 1.40 bits per heavy atom. The first-order valence-electron chi connectivity index (χ1n) is 6.16. The molecule has 0 aliphatic carbocycles. The lowest BCUT2D eigenvalue weighted by atomic mass is 10.0. The summed E-state index contributed by atoms with van der Waals surface area (Å²) in [6, 6.07) is 3.47. The molecule has 1 heterocycles. The van der Waals surface area contributed by atoms with Gasteiger partial charge in [-0.05, 0) is 38.9 Å². The van der Waals surface area contributed by atoms with Gasteiger partial charge in [0.25, 0.3) is 0 Å². The van der Waals surface area contributed by atoms with Gasteiger partial charge in [-0.2, -0.15) is 5.26 Å². The Balaban J connectivity index is 2.54. The van der Waals surface area contributed by atoms with E-state index in [2.05, 4.69) is 30.1 Å². The number of nitriles is 1. The van der Waals surface area contributed by atoms with Gasteiger partial charge in [0.15, 0.2) is 0 Å². The van der Waals surface area contributed by atoms with Gasteiger partial charge in [-0.1, -0.05) is 13.8 Å². The monoisotopic (exact) mass is 209 g/mol. The van der Waals surface area contributed by atoms with Crippen molar-refractivity contribution in [3.63, 3.8) is 0 Å². The molecule has 3 heteroatoms. The maximum absolute atomic E-state index is 8.82. The van der Waals surface area contributed by atoms with Gasteiger partial charge in [0.05, 0.1) is 12.5 Å². The number of hydrogen-bond acceptors (Lipinski definition) is 3. The fourth-order valence-electron chi connectivity index (χ4n) is 2.55. The normalized spacial score (nSPS) is 20.1. The first kappa shape index (κ1) is 12.5. The molecule has 1 fully saturated rings. The van der Waals surface area contributed by atoms with E-state index in [1.807, 2.05) is 0 Å². The average Bonchev–Trinajstić information content (AvgIpc) is 2.30. The standard InChI is InChI=1S/C12H23N3/c1-3-11(5-8-13)15(4-2)12-6-9-14-10-7-12/h11-12,14H,3-7,9-10H2,1-2H3. The summed E-state index contributed by atoms with van der Waals surface area (Å²) < 4.78 is 0. The Kier molecular flexibility index (Phi) is 5.67. The zero-order chi connectivity index (χ0) is 11.1. The van der Waals surface area contributed by atoms with Gasteiger partial charge in [0, 0.05) is 12.1 Å². The minimum Gasteiger partial charge on any atom is -0.317 e. The molecule has 0 spiro atoms. The van der Waals surface area contributed by atoms with E-state index < -0.39 is 0 Å². The van der Waals surface area contributed by atoms with E-state index in [4.69, 9.17) is 5.26 Å². The van der Waals surface area contributed by atoms with Gasteiger partial charge in [-0.25, -0.2) is 0 Å². The van der Waals surface area contributed by atoms with E-state index in [1.54, 1.807) is 0 Å². The molecule has 1 unspecified atom stereocenters. The highest BCUT2D eigenvalue weighted by Crippen LogP contribution is 2.18. The maximum Gasteiger partial charge on any atom is 0.0638 e. The predicted octanol–water partition coefficient (Wildman–Crippen LogP) is 1.75. The quantitative estimate of drug-likeness (QED) is 0.750. The summed E-state index contributed by atoms with van der Waals surface area (Å²) in [5.74, 6) is 0. The van der Waals surface area contributed by atoms with Crippen molar-refractivity contribution in [2.75, 3.05) is 19.6 Å². The second-order valence-corrected chi connectivity index (χ2v) is 4.24. The third-order valence-corrected chi connectivity index (χ3v) is 3.41. The van der Waals surface area contributed by atoms with Crippen molar-refractivity contribution in [1.29, 1.82) is 5.26 Å². The van der Waals surface area contributed by atoms with Gasteiger partial charge in [0.1, 0.15) is 0 Å². The van der Waals surface area contributed by atoms with Crippen LogP contribution in [0.5, 0.6) is 0 Å². The van der Waals surface area contributed by atoms with Crippen molar-refractivity contribution >= 4 is 0 Å². The summed E-state index contributed by atoms with van der Waals surface area (Å²) in [6.07, 6.45) is 4.23. The molecule has 1 atom stereocenters. The van der Waals surface area contributed by atoms with Gasteiger partial charge in [-0.15, -0.1) is 0 Å². The highest BCUT2D eigenvalue weighted by atomic mass is 15.2. The molecule has 0 amide bonds. The molecule has 1 aliphatic heterocycles. The molecule has 1 saturated heterocycles. The number of nitrogens with one attached hydrogen (secondary N) is 1. The fourth-order valence-corrected chi connectivity index (χ4v) is 2.55. The van der Waals surface area contributed by atoms with Crippen molar-refractivity contribution < 1.29 is 0 Å². The highest BCUT2D eigenvalue weighted by molar-refractivity contribution is 4.87. The molecular weight excluding hydrogens is 186 g/mol. The summed E-state index contributed by atoms with van der Waals surface area (Å²) in [5.41, 5.74) is 0. The van der Waals surface area contributed by atoms with Crippen LogP contribution >= 0.6 is 0 Å². The Hall–Kier alpha value is -0.590. The minimum atomic E-state index is 0.461. The Bertz CT molecular complexity index is 203. The van der Waals surface area contributed by atoms with Crippen LogP contribution in [-0.4, -0.2) is 36.6 Å². The van der Waals surface area contributed by atoms with E-state index in [1.165, 1.54) is 12.8 Å². The van der Waals surface area contributed by atoms with Crippen LogP contribution in [0.2, 0.25) is 0 Å². The van der Waals surface area contributed by atoms with Crippen LogP contribution in [0, 0.1) is 11.3 Å². The molecular formula is C12H23N3. The lowest BCUT2D eigenvalue weighted by Gasteiger charge is -2.38. The Labute approximate surface area is 93.5 Å². The first-order valence-corrected chi connectivity index (χ1v) is 6.16. The second-order valence-electron chi connectivity index (χ2n) is 4.24. The van der Waals surface area contributed by atoms with Crippen LogP contribution in [0.15, 0.2) is 0 Å². The van der Waals surface area contributed by atoms with Crippen LogP contribution in [0.25, 0.3) is 0 Å². The Morgan fingerprint density at radius 3 is 2.53 bits per heavy atom. The molecule has 0 bridgehead atoms. The van der Waals surface area contributed by atoms with E-state index >= 15 is 0 Å². The first-order chi connectivity index (χ1) is 7.33. The van der Waals surface area contributed by atoms with E-state index in [9.17, 15) is 0 Å². The van der Waals surface area contributed by atoms with Crippen LogP contribution in [0.4, 0.5) is 0 Å². The smallest absolute Gasteiger partial charge is 0.0638 e. The molecule has 1 N–H and O–H groups in total. The number of hydrogen-bond donors (Lipinski definition) is 1. The number of piperidine rings is 1. The molecule has 3 nitrogen and oxygen atoms in total. The average molecular weight is 209 g/mol. The molecule has 0 aromatic heterocycles. The summed E-state index contributed by atoms with van der Waals surface area (Å²) in [4.78, 5) is 2.53. The SMILES string of the molecule is CCC(CC#N)N(CC)C1CCNCC1.